The van der Waals surface area contributed by atoms with Crippen molar-refractivity contribution >= 4 is 22.9 Å². The number of piperidine rings is 1. The summed E-state index contributed by atoms with van der Waals surface area (Å²) in [5.41, 5.74) is 3.78. The Balaban J connectivity index is 1.32. The van der Waals surface area contributed by atoms with Gasteiger partial charge < -0.3 is 10.2 Å². The van der Waals surface area contributed by atoms with E-state index in [1.54, 1.807) is 12.1 Å². The molecule has 0 saturated carbocycles. The smallest absolute Gasteiger partial charge is 0.253 e. The molecule has 0 aliphatic carbocycles. The van der Waals surface area contributed by atoms with Crippen LogP contribution in [0.15, 0.2) is 72.9 Å². The maximum Gasteiger partial charge on any atom is 0.253 e. The molecule has 3 heterocycles. The molecule has 2 aromatic heterocycles. The fourth-order valence-electron chi connectivity index (χ4n) is 4.22. The van der Waals surface area contributed by atoms with E-state index >= 15 is 0 Å². The molecule has 1 fully saturated rings. The molecule has 5 rings (SSSR count). The lowest BCUT2D eigenvalue weighted by Gasteiger charge is -2.32. The van der Waals surface area contributed by atoms with Gasteiger partial charge in [0.15, 0.2) is 5.65 Å². The van der Waals surface area contributed by atoms with Crippen LogP contribution < -0.4 is 5.32 Å². The van der Waals surface area contributed by atoms with Gasteiger partial charge in [0.25, 0.3) is 5.91 Å². The van der Waals surface area contributed by atoms with Crippen molar-refractivity contribution in [2.45, 2.75) is 18.8 Å². The molecule has 4 aromatic rings. The minimum atomic E-state index is 0.0204. The minimum Gasteiger partial charge on any atom is -0.356 e. The van der Waals surface area contributed by atoms with Gasteiger partial charge in [0, 0.05) is 42.1 Å². The topological polar surface area (TPSA) is 86.3 Å². The highest BCUT2D eigenvalue weighted by atomic mass is 16.2. The summed E-state index contributed by atoms with van der Waals surface area (Å²) in [6, 6.07) is 22.7. The number of rotatable bonds is 4. The molecule has 1 saturated heterocycles. The van der Waals surface area contributed by atoms with E-state index in [-0.39, 0.29) is 11.8 Å². The summed E-state index contributed by atoms with van der Waals surface area (Å²) in [7, 11) is 0. The first-order valence-electron chi connectivity index (χ1n) is 10.7. The highest BCUT2D eigenvalue weighted by Crippen LogP contribution is 2.27. The Labute approximate surface area is 185 Å². The lowest BCUT2D eigenvalue weighted by Crippen LogP contribution is -2.39. The van der Waals surface area contributed by atoms with Gasteiger partial charge in [0.2, 0.25) is 0 Å². The second-order valence-electron chi connectivity index (χ2n) is 7.97. The van der Waals surface area contributed by atoms with Crippen molar-refractivity contribution in [1.29, 1.82) is 5.26 Å². The zero-order chi connectivity index (χ0) is 21.9. The molecule has 1 unspecified atom stereocenters. The summed E-state index contributed by atoms with van der Waals surface area (Å²) >= 11 is 0. The Kier molecular flexibility index (Phi) is 5.26. The number of hydrogen-bond acceptors (Lipinski definition) is 5. The number of anilines is 2. The SMILES string of the molecule is N#Cc1ccc(Nc2cccc(C(=O)N3CCCC(c4nnc5ccccn45)C3)c2)cc1. The van der Waals surface area contributed by atoms with Crippen molar-refractivity contribution in [3.8, 4) is 6.07 Å². The van der Waals surface area contributed by atoms with Crippen LogP contribution in [0.25, 0.3) is 5.65 Å². The van der Waals surface area contributed by atoms with Crippen LogP contribution in [0.2, 0.25) is 0 Å². The van der Waals surface area contributed by atoms with Crippen LogP contribution in [0.1, 0.15) is 40.5 Å². The van der Waals surface area contributed by atoms with E-state index in [1.165, 1.54) is 0 Å². The van der Waals surface area contributed by atoms with Gasteiger partial charge in [0.05, 0.1) is 11.6 Å². The van der Waals surface area contributed by atoms with E-state index in [0.29, 0.717) is 17.7 Å². The quantitative estimate of drug-likeness (QED) is 0.528. The van der Waals surface area contributed by atoms with Crippen molar-refractivity contribution in [2.24, 2.45) is 0 Å². The Morgan fingerprint density at radius 2 is 1.91 bits per heavy atom. The number of amides is 1. The van der Waals surface area contributed by atoms with Crippen LogP contribution in [0.3, 0.4) is 0 Å². The molecule has 1 aliphatic rings. The lowest BCUT2D eigenvalue weighted by molar-refractivity contribution is 0.0704. The number of benzene rings is 2. The largest absolute Gasteiger partial charge is 0.356 e. The number of fused-ring (bicyclic) bond motifs is 1. The average molecular weight is 422 g/mol. The standard InChI is InChI=1S/C25H22N6O/c26-16-18-9-11-21(12-10-18)27-22-7-3-5-19(15-22)25(32)30-13-4-6-20(17-30)24-29-28-23-8-1-2-14-31(23)24/h1-3,5,7-12,14-15,20,27H,4,6,13,17H2. The van der Waals surface area contributed by atoms with Crippen LogP contribution in [-0.2, 0) is 0 Å². The number of nitrogens with zero attached hydrogens (tertiary/aromatic N) is 5. The van der Waals surface area contributed by atoms with Crippen LogP contribution in [-0.4, -0.2) is 38.5 Å². The molecular weight excluding hydrogens is 400 g/mol. The number of carbonyl (C=O) groups is 1. The molecular formula is C25H22N6O. The molecule has 32 heavy (non-hydrogen) atoms. The molecule has 2 aromatic carbocycles. The number of hydrogen-bond donors (Lipinski definition) is 1. The Morgan fingerprint density at radius 3 is 2.75 bits per heavy atom. The third kappa shape index (κ3) is 3.91. The average Bonchev–Trinajstić information content (AvgIpc) is 3.29. The zero-order valence-electron chi connectivity index (χ0n) is 17.5. The Hall–Kier alpha value is -4.18. The Morgan fingerprint density at radius 1 is 1.03 bits per heavy atom. The van der Waals surface area contributed by atoms with Crippen LogP contribution in [0.5, 0.6) is 0 Å². The van der Waals surface area contributed by atoms with Crippen LogP contribution >= 0.6 is 0 Å². The van der Waals surface area contributed by atoms with E-state index in [2.05, 4.69) is 21.6 Å². The van der Waals surface area contributed by atoms with E-state index in [1.807, 2.05) is 70.1 Å². The van der Waals surface area contributed by atoms with Crippen LogP contribution in [0, 0.1) is 11.3 Å². The fourth-order valence-corrected chi connectivity index (χ4v) is 4.22. The number of nitrogens with one attached hydrogen (secondary N) is 1. The highest BCUT2D eigenvalue weighted by Gasteiger charge is 2.28. The van der Waals surface area contributed by atoms with Gasteiger partial charge in [0.1, 0.15) is 5.82 Å². The van der Waals surface area contributed by atoms with Crippen molar-refractivity contribution in [3.63, 3.8) is 0 Å². The van der Waals surface area contributed by atoms with E-state index < -0.39 is 0 Å². The Bertz CT molecular complexity index is 1300. The predicted molar refractivity (Wildman–Crippen MR) is 122 cm³/mol. The van der Waals surface area contributed by atoms with Crippen molar-refractivity contribution < 1.29 is 4.79 Å². The summed E-state index contributed by atoms with van der Waals surface area (Å²) < 4.78 is 2.01. The normalized spacial score (nSPS) is 16.0. The first kappa shape index (κ1) is 19.8. The summed E-state index contributed by atoms with van der Waals surface area (Å²) in [6.07, 6.45) is 3.89. The summed E-state index contributed by atoms with van der Waals surface area (Å²) in [6.45, 7) is 1.36. The third-order valence-electron chi connectivity index (χ3n) is 5.83. The monoisotopic (exact) mass is 422 g/mol. The van der Waals surface area contributed by atoms with E-state index in [9.17, 15) is 4.79 Å². The molecule has 158 valence electrons. The van der Waals surface area contributed by atoms with Gasteiger partial charge >= 0.3 is 0 Å². The van der Waals surface area contributed by atoms with E-state index in [0.717, 1.165) is 42.2 Å². The van der Waals surface area contributed by atoms with Gasteiger partial charge in [-0.3, -0.25) is 9.20 Å². The summed E-state index contributed by atoms with van der Waals surface area (Å²) in [4.78, 5) is 15.2. The summed E-state index contributed by atoms with van der Waals surface area (Å²) in [5.74, 6) is 1.09. The molecule has 1 N–H and O–H groups in total. The fraction of sp³-hybridized carbons (Fsp3) is 0.200. The van der Waals surface area contributed by atoms with E-state index in [4.69, 9.17) is 5.26 Å². The minimum absolute atomic E-state index is 0.0204. The molecule has 0 spiro atoms. The van der Waals surface area contributed by atoms with Gasteiger partial charge in [-0.2, -0.15) is 5.26 Å². The van der Waals surface area contributed by atoms with Crippen molar-refractivity contribution in [1.82, 2.24) is 19.5 Å². The molecule has 1 atom stereocenters. The first-order chi connectivity index (χ1) is 15.7. The first-order valence-corrected chi connectivity index (χ1v) is 10.7. The number of pyridine rings is 1. The second-order valence-corrected chi connectivity index (χ2v) is 7.97. The van der Waals surface area contributed by atoms with Gasteiger partial charge in [-0.1, -0.05) is 12.1 Å². The molecule has 0 bridgehead atoms. The molecule has 1 aliphatic heterocycles. The van der Waals surface area contributed by atoms with Crippen molar-refractivity contribution in [3.05, 3.63) is 89.9 Å². The highest BCUT2D eigenvalue weighted by molar-refractivity contribution is 5.95. The predicted octanol–water partition coefficient (Wildman–Crippen LogP) is 4.36. The maximum absolute atomic E-state index is 13.3. The number of carbonyl (C=O) groups excluding carboxylic acids is 1. The molecule has 1 amide bonds. The third-order valence-corrected chi connectivity index (χ3v) is 5.83. The van der Waals surface area contributed by atoms with Gasteiger partial charge in [-0.15, -0.1) is 10.2 Å². The molecule has 0 radical (unpaired) electrons. The number of likely N-dealkylation sites (tertiary alicyclic amines) is 1. The van der Waals surface area contributed by atoms with Gasteiger partial charge in [-0.25, -0.2) is 0 Å². The molecule has 7 heteroatoms. The second kappa shape index (κ2) is 8.52. The zero-order valence-corrected chi connectivity index (χ0v) is 17.5. The maximum atomic E-state index is 13.3. The number of nitriles is 1. The number of aromatic nitrogens is 3. The van der Waals surface area contributed by atoms with Gasteiger partial charge in [-0.05, 0) is 67.4 Å². The van der Waals surface area contributed by atoms with Crippen molar-refractivity contribution in [2.75, 3.05) is 18.4 Å². The molecule has 7 nitrogen and oxygen atoms in total. The summed E-state index contributed by atoms with van der Waals surface area (Å²) in [5, 5.41) is 20.9. The van der Waals surface area contributed by atoms with Crippen LogP contribution in [0.4, 0.5) is 11.4 Å². The lowest BCUT2D eigenvalue weighted by atomic mass is 9.96.